The van der Waals surface area contributed by atoms with Gasteiger partial charge in [-0.05, 0) is 51.9 Å². The van der Waals surface area contributed by atoms with E-state index in [2.05, 4.69) is 12.8 Å². The zero-order valence-electron chi connectivity index (χ0n) is 25.6. The molecule has 0 aromatic rings. The van der Waals surface area contributed by atoms with Crippen LogP contribution in [0, 0.1) is 40.9 Å². The fourth-order valence-corrected chi connectivity index (χ4v) is 9.96. The molecule has 10 heteroatoms. The number of hydrogen-bond acceptors (Lipinski definition) is 10. The number of aliphatic hydroxyl groups excluding tert-OH is 1. The number of methoxy groups -OCH3 is 3. The Hall–Kier alpha value is -0.840. The molecule has 5 fully saturated rings. The highest BCUT2D eigenvalue weighted by molar-refractivity contribution is 5.27. The van der Waals surface area contributed by atoms with Crippen LogP contribution in [-0.2, 0) is 37.9 Å². The minimum Gasteiger partial charge on any atom is -0.389 e. The Morgan fingerprint density at radius 2 is 1.68 bits per heavy atom. The molecule has 4 aliphatic carbocycles. The summed E-state index contributed by atoms with van der Waals surface area (Å²) >= 11 is 0. The molecule has 5 aliphatic rings. The first-order valence-electron chi connectivity index (χ1n) is 15.0. The van der Waals surface area contributed by atoms with Gasteiger partial charge in [-0.15, -0.1) is 6.42 Å². The molecule has 0 aromatic heterocycles. The van der Waals surface area contributed by atoms with Crippen LogP contribution in [0.4, 0.5) is 0 Å². The van der Waals surface area contributed by atoms with Crippen LogP contribution in [0.2, 0.25) is 0 Å². The molecule has 0 radical (unpaired) electrons. The van der Waals surface area contributed by atoms with Crippen molar-refractivity contribution in [1.82, 2.24) is 0 Å². The fraction of sp³-hybridized carbons (Fsp3) is 0.935. The highest BCUT2D eigenvalue weighted by Crippen LogP contribution is 2.72. The Balaban J connectivity index is 1.65. The Morgan fingerprint density at radius 1 is 0.976 bits per heavy atom. The van der Waals surface area contributed by atoms with Gasteiger partial charge in [0.25, 0.3) is 0 Å². The number of aliphatic hydroxyl groups is 2. The number of rotatable bonds is 10. The monoisotopic (exact) mass is 582 g/mol. The maximum atomic E-state index is 12.7. The largest absolute Gasteiger partial charge is 0.389 e. The molecule has 1 aliphatic heterocycles. The van der Waals surface area contributed by atoms with Gasteiger partial charge >= 0.3 is 0 Å². The quantitative estimate of drug-likeness (QED) is 0.294. The van der Waals surface area contributed by atoms with Gasteiger partial charge in [0, 0.05) is 51.4 Å². The minimum absolute atomic E-state index is 0.0409. The van der Waals surface area contributed by atoms with Gasteiger partial charge < -0.3 is 48.1 Å². The zero-order valence-corrected chi connectivity index (χ0v) is 25.6. The van der Waals surface area contributed by atoms with E-state index in [1.54, 1.807) is 21.3 Å². The topological polar surface area (TPSA) is 114 Å². The van der Waals surface area contributed by atoms with E-state index in [4.69, 9.17) is 44.3 Å². The van der Waals surface area contributed by atoms with E-state index in [9.17, 15) is 10.2 Å². The van der Waals surface area contributed by atoms with Crippen molar-refractivity contribution in [3.8, 4) is 12.3 Å². The molecule has 2 N–H and O–H groups in total. The molecular weight excluding hydrogens is 532 g/mol. The summed E-state index contributed by atoms with van der Waals surface area (Å²) < 4.78 is 48.7. The third-order valence-electron chi connectivity index (χ3n) is 11.5. The van der Waals surface area contributed by atoms with Crippen molar-refractivity contribution < 1.29 is 48.1 Å². The fourth-order valence-electron chi connectivity index (χ4n) is 9.96. The van der Waals surface area contributed by atoms with Crippen LogP contribution < -0.4 is 0 Å². The van der Waals surface area contributed by atoms with Crippen molar-refractivity contribution in [3.63, 3.8) is 0 Å². The molecule has 0 bridgehead atoms. The number of fused-ring (bicyclic) bond motifs is 3. The van der Waals surface area contributed by atoms with Crippen molar-refractivity contribution in [3.05, 3.63) is 0 Å². The first kappa shape index (κ1) is 31.6. The molecule has 5 rings (SSSR count). The van der Waals surface area contributed by atoms with E-state index in [1.807, 2.05) is 13.8 Å². The van der Waals surface area contributed by atoms with E-state index in [0.717, 1.165) is 12.8 Å². The maximum absolute atomic E-state index is 12.7. The molecule has 0 aromatic carbocycles. The van der Waals surface area contributed by atoms with Crippen LogP contribution in [0.1, 0.15) is 65.7 Å². The lowest BCUT2D eigenvalue weighted by Gasteiger charge is -2.71. The molecule has 1 heterocycles. The number of terminal acetylenes is 1. The summed E-state index contributed by atoms with van der Waals surface area (Å²) in [5.74, 6) is 1.37. The van der Waals surface area contributed by atoms with Crippen LogP contribution >= 0.6 is 0 Å². The van der Waals surface area contributed by atoms with Crippen LogP contribution in [0.25, 0.3) is 0 Å². The van der Waals surface area contributed by atoms with Crippen LogP contribution in [-0.4, -0.2) is 99.9 Å². The van der Waals surface area contributed by atoms with Gasteiger partial charge in [-0.1, -0.05) is 12.8 Å². The third-order valence-corrected chi connectivity index (χ3v) is 11.5. The average Bonchev–Trinajstić information content (AvgIpc) is 3.24. The summed E-state index contributed by atoms with van der Waals surface area (Å²) in [6.45, 7) is 6.71. The number of hydrogen-bond donors (Lipinski definition) is 2. The van der Waals surface area contributed by atoms with Gasteiger partial charge in [-0.3, -0.25) is 0 Å². The molecule has 11 atom stereocenters. The van der Waals surface area contributed by atoms with E-state index < -0.39 is 33.9 Å². The summed E-state index contributed by atoms with van der Waals surface area (Å²) in [6.07, 6.45) is 8.25. The number of ether oxygens (including phenoxy) is 8. The SMILES string of the molecule is C#CC(O)[C@H]1CC[C@]2(OCOC)[C@@H]3CC[C@]4(O)C[C@@H](OCOC)C[C@H]5OC(C)(C)OC[C@]54[C@H]3[C@H](OCOC)C[C@]12C. The van der Waals surface area contributed by atoms with Gasteiger partial charge in [0.2, 0.25) is 0 Å². The normalized spacial score (nSPS) is 47.4. The van der Waals surface area contributed by atoms with E-state index in [-0.39, 0.29) is 56.4 Å². The minimum atomic E-state index is -1.13. The van der Waals surface area contributed by atoms with Crippen molar-refractivity contribution >= 4 is 0 Å². The predicted octanol–water partition coefficient (Wildman–Crippen LogP) is 2.83. The summed E-state index contributed by atoms with van der Waals surface area (Å²) in [4.78, 5) is 0. The van der Waals surface area contributed by atoms with Crippen LogP contribution in [0.5, 0.6) is 0 Å². The Bertz CT molecular complexity index is 969. The van der Waals surface area contributed by atoms with E-state index in [0.29, 0.717) is 38.7 Å². The molecule has 0 amide bonds. The highest BCUT2D eigenvalue weighted by atomic mass is 16.7. The Kier molecular flexibility index (Phi) is 8.92. The first-order valence-corrected chi connectivity index (χ1v) is 15.0. The van der Waals surface area contributed by atoms with Crippen molar-refractivity contribution in [2.45, 2.75) is 107 Å². The summed E-state index contributed by atoms with van der Waals surface area (Å²) in [7, 11) is 4.84. The van der Waals surface area contributed by atoms with Crippen LogP contribution in [0.3, 0.4) is 0 Å². The summed E-state index contributed by atoms with van der Waals surface area (Å²) in [6, 6.07) is 0. The Labute approximate surface area is 244 Å². The predicted molar refractivity (Wildman–Crippen MR) is 147 cm³/mol. The first-order chi connectivity index (χ1) is 19.5. The highest BCUT2D eigenvalue weighted by Gasteiger charge is 2.78. The lowest BCUT2D eigenvalue weighted by atomic mass is 9.40. The van der Waals surface area contributed by atoms with Gasteiger partial charge in [-0.25, -0.2) is 0 Å². The lowest BCUT2D eigenvalue weighted by Crippen LogP contribution is -2.78. The van der Waals surface area contributed by atoms with Gasteiger partial charge in [-0.2, -0.15) is 0 Å². The molecule has 41 heavy (non-hydrogen) atoms. The second-order valence-electron chi connectivity index (χ2n) is 13.6. The molecule has 10 nitrogen and oxygen atoms in total. The van der Waals surface area contributed by atoms with E-state index in [1.165, 1.54) is 0 Å². The smallest absolute Gasteiger partial charge is 0.163 e. The van der Waals surface area contributed by atoms with Crippen molar-refractivity contribution in [1.29, 1.82) is 0 Å². The third kappa shape index (κ3) is 4.80. The van der Waals surface area contributed by atoms with E-state index >= 15 is 0 Å². The summed E-state index contributed by atoms with van der Waals surface area (Å²) in [5.41, 5.74) is -3.08. The molecule has 1 unspecified atom stereocenters. The second kappa shape index (κ2) is 11.6. The Morgan fingerprint density at radius 3 is 2.37 bits per heavy atom. The summed E-state index contributed by atoms with van der Waals surface area (Å²) in [5, 5.41) is 23.8. The lowest BCUT2D eigenvalue weighted by molar-refractivity contribution is -0.409. The molecule has 1 saturated heterocycles. The molecule has 1 spiro atoms. The molecule has 234 valence electrons. The maximum Gasteiger partial charge on any atom is 0.163 e. The zero-order chi connectivity index (χ0) is 29.7. The van der Waals surface area contributed by atoms with Gasteiger partial charge in [0.15, 0.2) is 5.79 Å². The van der Waals surface area contributed by atoms with Crippen molar-refractivity contribution in [2.24, 2.45) is 28.6 Å². The second-order valence-corrected chi connectivity index (χ2v) is 13.6. The van der Waals surface area contributed by atoms with Crippen molar-refractivity contribution in [2.75, 3.05) is 48.3 Å². The average molecular weight is 583 g/mol. The molecule has 4 saturated carbocycles. The van der Waals surface area contributed by atoms with Gasteiger partial charge in [0.05, 0.1) is 41.5 Å². The molecular formula is C31H50O10. The van der Waals surface area contributed by atoms with Crippen LogP contribution in [0.15, 0.2) is 0 Å². The van der Waals surface area contributed by atoms with Gasteiger partial charge in [0.1, 0.15) is 26.5 Å². The standard InChI is InChI=1S/C31H50O10/c1-8-23(32)21-10-12-31(40-19-36-7)22-9-11-29(33)14-20(37-17-34-5)13-25-30(29,16-39-27(2,3)41-25)26(22)24(38-18-35-6)15-28(21,31)4/h1,20-26,32-33H,9-19H2,2-7H3/t20-,21+,22+,23?,24+,25+,26+,28+,29-,30+,31-/m0/s1.